The van der Waals surface area contributed by atoms with E-state index in [-0.39, 0.29) is 31.3 Å². The minimum absolute atomic E-state index is 0.113. The molecule has 1 aliphatic heterocycles. The fraction of sp³-hybridized carbons (Fsp3) is 0.368. The van der Waals surface area contributed by atoms with Gasteiger partial charge in [-0.05, 0) is 25.1 Å². The van der Waals surface area contributed by atoms with Crippen molar-refractivity contribution in [3.05, 3.63) is 30.0 Å². The van der Waals surface area contributed by atoms with E-state index in [1.807, 2.05) is 25.1 Å². The zero-order valence-corrected chi connectivity index (χ0v) is 17.7. The first-order valence-corrected chi connectivity index (χ1v) is 10.2. The van der Waals surface area contributed by atoms with Crippen LogP contribution in [0.2, 0.25) is 0 Å². The number of aryl methyl sites for hydroxylation is 1. The number of carbonyl (C=O) groups excluding carboxylic acids is 2. The Balaban J connectivity index is 0.000000858. The van der Waals surface area contributed by atoms with E-state index in [1.54, 1.807) is 11.8 Å². The molecule has 1 unspecified atom stereocenters. The van der Waals surface area contributed by atoms with Gasteiger partial charge in [-0.2, -0.15) is 0 Å². The molecule has 1 atom stereocenters. The van der Waals surface area contributed by atoms with Crippen LogP contribution in [0.4, 0.5) is 5.13 Å². The van der Waals surface area contributed by atoms with Crippen molar-refractivity contribution in [2.45, 2.75) is 26.8 Å². The quantitative estimate of drug-likeness (QED) is 0.539. The van der Waals surface area contributed by atoms with Crippen LogP contribution in [0.5, 0.6) is 5.75 Å². The van der Waals surface area contributed by atoms with Gasteiger partial charge in [0.1, 0.15) is 5.75 Å². The summed E-state index contributed by atoms with van der Waals surface area (Å²) < 4.78 is 11.7. The second-order valence-electron chi connectivity index (χ2n) is 6.50. The predicted octanol–water partition coefficient (Wildman–Crippen LogP) is 1.76. The maximum absolute atomic E-state index is 12.5. The van der Waals surface area contributed by atoms with Crippen molar-refractivity contribution in [2.75, 3.05) is 18.1 Å². The molecule has 1 aliphatic rings. The number of anilines is 1. The van der Waals surface area contributed by atoms with Crippen LogP contribution in [0.1, 0.15) is 25.1 Å². The van der Waals surface area contributed by atoms with Crippen LogP contribution in [-0.2, 0) is 20.9 Å². The topological polar surface area (TPSA) is 148 Å². The molecule has 1 fully saturated rings. The highest BCUT2D eigenvalue weighted by atomic mass is 32.1. The Morgan fingerprint density at radius 2 is 2.23 bits per heavy atom. The summed E-state index contributed by atoms with van der Waals surface area (Å²) in [5.74, 6) is 0.774. The highest BCUT2D eigenvalue weighted by Gasteiger charge is 2.36. The van der Waals surface area contributed by atoms with E-state index in [0.717, 1.165) is 16.0 Å². The summed E-state index contributed by atoms with van der Waals surface area (Å²) in [7, 11) is 0. The van der Waals surface area contributed by atoms with Crippen molar-refractivity contribution in [3.63, 3.8) is 0 Å². The van der Waals surface area contributed by atoms with Gasteiger partial charge in [0.25, 0.3) is 6.47 Å². The molecule has 11 nitrogen and oxygen atoms in total. The molecule has 0 spiro atoms. The van der Waals surface area contributed by atoms with Gasteiger partial charge >= 0.3 is 0 Å². The third-order valence-corrected chi connectivity index (χ3v) is 5.41. The number of aromatic nitrogens is 3. The standard InChI is InChI=1S/C18H19N5O4S.CH2O2/c1-3-26-12-4-5-13-14(7-12)28-18(20-13)23-9-11(6-16(23)24)17(25)19-8-15-22-21-10(2)27-15;2-1-3/h4-5,7,11H,3,6,8-9H2,1-2H3,(H,19,25);1H,(H,2,3). The molecule has 12 heteroatoms. The Bertz CT molecular complexity index is 1080. The second-order valence-corrected chi connectivity index (χ2v) is 7.51. The Morgan fingerprint density at radius 3 is 2.90 bits per heavy atom. The number of ether oxygens (including phenoxy) is 1. The Kier molecular flexibility index (Phi) is 7.13. The third-order valence-electron chi connectivity index (χ3n) is 4.37. The predicted molar refractivity (Wildman–Crippen MR) is 111 cm³/mol. The van der Waals surface area contributed by atoms with E-state index in [9.17, 15) is 9.59 Å². The summed E-state index contributed by atoms with van der Waals surface area (Å²) >= 11 is 1.41. The van der Waals surface area contributed by atoms with Crippen LogP contribution < -0.4 is 15.0 Å². The van der Waals surface area contributed by atoms with Gasteiger partial charge in [-0.3, -0.25) is 19.3 Å². The molecule has 2 N–H and O–H groups in total. The van der Waals surface area contributed by atoms with Crippen LogP contribution in [0.3, 0.4) is 0 Å². The van der Waals surface area contributed by atoms with Crippen molar-refractivity contribution in [1.82, 2.24) is 20.5 Å². The summed E-state index contributed by atoms with van der Waals surface area (Å²) in [6.45, 7) is 4.39. The van der Waals surface area contributed by atoms with E-state index in [4.69, 9.17) is 19.1 Å². The number of fused-ring (bicyclic) bond motifs is 1. The molecule has 4 rings (SSSR count). The van der Waals surface area contributed by atoms with Gasteiger partial charge in [-0.15, -0.1) is 10.2 Å². The van der Waals surface area contributed by atoms with Crippen molar-refractivity contribution >= 4 is 45.0 Å². The van der Waals surface area contributed by atoms with Crippen LogP contribution >= 0.6 is 11.3 Å². The smallest absolute Gasteiger partial charge is 0.290 e. The molecule has 2 amide bonds. The molecule has 0 saturated carbocycles. The molecule has 2 aromatic heterocycles. The lowest BCUT2D eigenvalue weighted by Gasteiger charge is -2.12. The highest BCUT2D eigenvalue weighted by molar-refractivity contribution is 7.22. The maximum atomic E-state index is 12.5. The minimum atomic E-state index is -0.442. The average molecular weight is 447 g/mol. The van der Waals surface area contributed by atoms with Crippen molar-refractivity contribution < 1.29 is 28.6 Å². The van der Waals surface area contributed by atoms with Crippen LogP contribution in [0.25, 0.3) is 10.2 Å². The average Bonchev–Trinajstić information content (AvgIpc) is 3.44. The first-order chi connectivity index (χ1) is 14.9. The van der Waals surface area contributed by atoms with E-state index < -0.39 is 5.92 Å². The van der Waals surface area contributed by atoms with E-state index in [2.05, 4.69) is 20.5 Å². The fourth-order valence-electron chi connectivity index (χ4n) is 3.05. The molecule has 0 radical (unpaired) electrons. The molecule has 0 bridgehead atoms. The van der Waals surface area contributed by atoms with E-state index in [0.29, 0.717) is 30.1 Å². The van der Waals surface area contributed by atoms with Crippen LogP contribution in [0, 0.1) is 12.8 Å². The molecular formula is C19H21N5O6S. The summed E-state index contributed by atoms with van der Waals surface area (Å²) in [4.78, 5) is 39.4. The molecule has 1 aromatic carbocycles. The van der Waals surface area contributed by atoms with Gasteiger partial charge in [-0.25, -0.2) is 4.98 Å². The van der Waals surface area contributed by atoms with Gasteiger partial charge in [0, 0.05) is 19.9 Å². The lowest BCUT2D eigenvalue weighted by atomic mass is 10.1. The Labute approximate surface area is 181 Å². The minimum Gasteiger partial charge on any atom is -0.494 e. The van der Waals surface area contributed by atoms with E-state index >= 15 is 0 Å². The van der Waals surface area contributed by atoms with Gasteiger partial charge in [0.2, 0.25) is 23.6 Å². The van der Waals surface area contributed by atoms with Gasteiger partial charge < -0.3 is 19.6 Å². The summed E-state index contributed by atoms with van der Waals surface area (Å²) in [6.07, 6.45) is 0.148. The summed E-state index contributed by atoms with van der Waals surface area (Å²) in [5.41, 5.74) is 0.802. The largest absolute Gasteiger partial charge is 0.494 e. The number of nitrogens with zero attached hydrogens (tertiary/aromatic N) is 4. The number of carbonyl (C=O) groups is 3. The van der Waals surface area contributed by atoms with Gasteiger partial charge in [0.05, 0.1) is 29.3 Å². The molecule has 3 aromatic rings. The number of hydrogen-bond acceptors (Lipinski definition) is 9. The molecule has 164 valence electrons. The fourth-order valence-corrected chi connectivity index (χ4v) is 4.07. The Morgan fingerprint density at radius 1 is 1.45 bits per heavy atom. The molecule has 31 heavy (non-hydrogen) atoms. The number of nitrogens with one attached hydrogen (secondary N) is 1. The number of carboxylic acid groups (broad SMARTS) is 1. The normalized spacial score (nSPS) is 15.5. The van der Waals surface area contributed by atoms with Crippen molar-refractivity contribution in [3.8, 4) is 5.75 Å². The molecular weight excluding hydrogens is 426 g/mol. The van der Waals surface area contributed by atoms with Crippen molar-refractivity contribution in [2.24, 2.45) is 5.92 Å². The molecule has 0 aliphatic carbocycles. The summed E-state index contributed by atoms with van der Waals surface area (Å²) in [6, 6.07) is 5.64. The number of rotatable bonds is 6. The number of amides is 2. The lowest BCUT2D eigenvalue weighted by Crippen LogP contribution is -2.32. The number of benzene rings is 1. The zero-order chi connectivity index (χ0) is 22.4. The van der Waals surface area contributed by atoms with Crippen molar-refractivity contribution in [1.29, 1.82) is 0 Å². The lowest BCUT2D eigenvalue weighted by molar-refractivity contribution is -0.126. The zero-order valence-electron chi connectivity index (χ0n) is 16.9. The number of thiazole rings is 1. The molecule has 1 saturated heterocycles. The summed E-state index contributed by atoms with van der Waals surface area (Å²) in [5, 5.41) is 17.8. The van der Waals surface area contributed by atoms with E-state index in [1.165, 1.54) is 11.3 Å². The van der Waals surface area contributed by atoms with Crippen LogP contribution in [0.15, 0.2) is 22.6 Å². The monoisotopic (exact) mass is 447 g/mol. The molecule has 3 heterocycles. The van der Waals surface area contributed by atoms with Crippen LogP contribution in [-0.4, -0.2) is 51.7 Å². The number of hydrogen-bond donors (Lipinski definition) is 2. The maximum Gasteiger partial charge on any atom is 0.290 e. The first-order valence-electron chi connectivity index (χ1n) is 9.43. The second kappa shape index (κ2) is 9.98. The highest BCUT2D eigenvalue weighted by Crippen LogP contribution is 2.34. The SMILES string of the molecule is CCOc1ccc2nc(N3CC(C(=O)NCc4nnc(C)o4)CC3=O)sc2c1.O=CO. The van der Waals surface area contributed by atoms with Gasteiger partial charge in [0.15, 0.2) is 5.13 Å². The first kappa shape index (κ1) is 22.2. The van der Waals surface area contributed by atoms with Gasteiger partial charge in [-0.1, -0.05) is 11.3 Å². The Hall–Kier alpha value is -3.54. The third kappa shape index (κ3) is 5.34.